The first kappa shape index (κ1) is 28.2. The minimum atomic E-state index is -0.957. The highest BCUT2D eigenvalue weighted by atomic mass is 32.1. The van der Waals surface area contributed by atoms with Crippen molar-refractivity contribution in [1.82, 2.24) is 15.5 Å². The summed E-state index contributed by atoms with van der Waals surface area (Å²) in [5.41, 5.74) is 2.81. The van der Waals surface area contributed by atoms with Crippen molar-refractivity contribution in [3.63, 3.8) is 0 Å². The number of likely N-dealkylation sites (N-methyl/N-ethyl adjacent to an activating group) is 1. The zero-order valence-electron chi connectivity index (χ0n) is 21.4. The highest BCUT2D eigenvalue weighted by Crippen LogP contribution is 2.28. The zero-order valence-corrected chi connectivity index (χ0v) is 22.3. The lowest BCUT2D eigenvalue weighted by Gasteiger charge is -2.34. The second kappa shape index (κ2) is 12.6. The SMILES string of the molecule is CCN(C(=O)C(CS)NC(=O)OC(C)(C)C)C(C(=O)NCc1ccccc1)c1c(C)cccc1C. The molecular formula is C27H37N3O4S. The van der Waals surface area contributed by atoms with Crippen molar-refractivity contribution in [2.24, 2.45) is 0 Å². The van der Waals surface area contributed by atoms with Gasteiger partial charge in [-0.15, -0.1) is 0 Å². The number of benzene rings is 2. The molecule has 8 heteroatoms. The summed E-state index contributed by atoms with van der Waals surface area (Å²) in [5.74, 6) is -0.646. The van der Waals surface area contributed by atoms with Crippen LogP contribution in [0, 0.1) is 13.8 Å². The predicted molar refractivity (Wildman–Crippen MR) is 141 cm³/mol. The van der Waals surface area contributed by atoms with Gasteiger partial charge in [0, 0.05) is 18.8 Å². The maximum atomic E-state index is 13.6. The lowest BCUT2D eigenvalue weighted by atomic mass is 9.93. The average molecular weight is 500 g/mol. The third-order valence-electron chi connectivity index (χ3n) is 5.48. The van der Waals surface area contributed by atoms with Crippen molar-refractivity contribution >= 4 is 30.5 Å². The fourth-order valence-electron chi connectivity index (χ4n) is 3.87. The minimum absolute atomic E-state index is 0.0552. The van der Waals surface area contributed by atoms with Gasteiger partial charge in [-0.2, -0.15) is 12.6 Å². The molecule has 2 N–H and O–H groups in total. The smallest absolute Gasteiger partial charge is 0.408 e. The first-order valence-electron chi connectivity index (χ1n) is 11.8. The van der Waals surface area contributed by atoms with Gasteiger partial charge in [0.05, 0.1) is 0 Å². The van der Waals surface area contributed by atoms with Gasteiger partial charge in [-0.3, -0.25) is 9.59 Å². The predicted octanol–water partition coefficient (Wildman–Crippen LogP) is 4.33. The number of hydrogen-bond donors (Lipinski definition) is 3. The Bertz CT molecular complexity index is 1000. The minimum Gasteiger partial charge on any atom is -0.444 e. The molecule has 0 aromatic heterocycles. The van der Waals surface area contributed by atoms with Crippen LogP contribution in [-0.4, -0.2) is 46.7 Å². The zero-order chi connectivity index (χ0) is 26.2. The van der Waals surface area contributed by atoms with E-state index in [0.717, 1.165) is 22.3 Å². The number of hydrogen-bond acceptors (Lipinski definition) is 5. The van der Waals surface area contributed by atoms with Gasteiger partial charge in [-0.05, 0) is 63.8 Å². The molecule has 2 atom stereocenters. The van der Waals surface area contributed by atoms with Gasteiger partial charge >= 0.3 is 6.09 Å². The van der Waals surface area contributed by atoms with Crippen LogP contribution in [-0.2, 0) is 20.9 Å². The Morgan fingerprint density at radius 1 is 1.00 bits per heavy atom. The van der Waals surface area contributed by atoms with Crippen molar-refractivity contribution < 1.29 is 19.1 Å². The van der Waals surface area contributed by atoms with Gasteiger partial charge in [-0.25, -0.2) is 4.79 Å². The summed E-state index contributed by atoms with van der Waals surface area (Å²) >= 11 is 4.29. The molecule has 0 spiro atoms. The van der Waals surface area contributed by atoms with E-state index in [9.17, 15) is 14.4 Å². The van der Waals surface area contributed by atoms with Crippen molar-refractivity contribution in [3.8, 4) is 0 Å². The van der Waals surface area contributed by atoms with Gasteiger partial charge in [-0.1, -0.05) is 48.5 Å². The lowest BCUT2D eigenvalue weighted by molar-refractivity contribution is -0.141. The summed E-state index contributed by atoms with van der Waals surface area (Å²) < 4.78 is 5.32. The summed E-state index contributed by atoms with van der Waals surface area (Å²) in [5, 5.41) is 5.60. The van der Waals surface area contributed by atoms with E-state index in [-0.39, 0.29) is 18.2 Å². The molecule has 0 saturated carbocycles. The Kier molecular flexibility index (Phi) is 10.2. The molecule has 0 aliphatic rings. The molecule has 7 nitrogen and oxygen atoms in total. The number of aryl methyl sites for hydroxylation is 2. The normalized spacial score (nSPS) is 12.9. The van der Waals surface area contributed by atoms with Crippen molar-refractivity contribution in [2.75, 3.05) is 12.3 Å². The first-order valence-corrected chi connectivity index (χ1v) is 12.4. The number of thiol groups is 1. The molecule has 190 valence electrons. The summed E-state index contributed by atoms with van der Waals surface area (Å²) in [7, 11) is 0. The van der Waals surface area contributed by atoms with Crippen LogP contribution in [0.5, 0.6) is 0 Å². The Labute approximate surface area is 214 Å². The van der Waals surface area contributed by atoms with Crippen LogP contribution in [0.25, 0.3) is 0 Å². The second-order valence-corrected chi connectivity index (χ2v) is 9.78. The standard InChI is InChI=1S/C27H37N3O4S/c1-7-30(25(32)21(17-35)29-26(33)34-27(4,5)6)23(22-18(2)12-11-13-19(22)3)24(31)28-16-20-14-9-8-10-15-20/h8-15,21,23,35H,7,16-17H2,1-6H3,(H,28,31)(H,29,33). The topological polar surface area (TPSA) is 87.7 Å². The van der Waals surface area contributed by atoms with Gasteiger partial charge < -0.3 is 20.3 Å². The van der Waals surface area contributed by atoms with Crippen molar-refractivity contribution in [2.45, 2.75) is 65.8 Å². The number of ether oxygens (including phenoxy) is 1. The number of nitrogens with zero attached hydrogens (tertiary/aromatic N) is 1. The molecule has 35 heavy (non-hydrogen) atoms. The molecule has 3 amide bonds. The van der Waals surface area contributed by atoms with E-state index < -0.39 is 29.7 Å². The molecule has 2 unspecified atom stereocenters. The number of carbonyl (C=O) groups excluding carboxylic acids is 3. The summed E-state index contributed by atoms with van der Waals surface area (Å²) in [6, 6.07) is 13.5. The van der Waals surface area contributed by atoms with Crippen molar-refractivity contribution in [3.05, 3.63) is 70.8 Å². The summed E-state index contributed by atoms with van der Waals surface area (Å²) in [6.07, 6.45) is -0.710. The highest BCUT2D eigenvalue weighted by Gasteiger charge is 2.36. The van der Waals surface area contributed by atoms with Crippen LogP contribution in [0.1, 0.15) is 56.0 Å². The van der Waals surface area contributed by atoms with Gasteiger partial charge in [0.2, 0.25) is 11.8 Å². The largest absolute Gasteiger partial charge is 0.444 e. The van der Waals surface area contributed by atoms with Gasteiger partial charge in [0.1, 0.15) is 17.7 Å². The van der Waals surface area contributed by atoms with Gasteiger partial charge in [0.15, 0.2) is 0 Å². The molecule has 0 bridgehead atoms. The molecule has 0 heterocycles. The highest BCUT2D eigenvalue weighted by molar-refractivity contribution is 7.80. The van der Waals surface area contributed by atoms with E-state index >= 15 is 0 Å². The quantitative estimate of drug-likeness (QED) is 0.448. The Balaban J connectivity index is 2.38. The Hall–Kier alpha value is -3.00. The number of alkyl carbamates (subject to hydrolysis) is 1. The molecule has 0 aliphatic carbocycles. The van der Waals surface area contributed by atoms with Crippen LogP contribution in [0.2, 0.25) is 0 Å². The lowest BCUT2D eigenvalue weighted by Crippen LogP contribution is -2.53. The number of nitrogens with one attached hydrogen (secondary N) is 2. The maximum Gasteiger partial charge on any atom is 0.408 e. The van der Waals surface area contributed by atoms with E-state index in [0.29, 0.717) is 6.54 Å². The number of carbonyl (C=O) groups is 3. The van der Waals surface area contributed by atoms with Crippen LogP contribution in [0.15, 0.2) is 48.5 Å². The second-order valence-electron chi connectivity index (χ2n) is 9.42. The molecule has 2 rings (SSSR count). The third-order valence-corrected chi connectivity index (χ3v) is 5.85. The molecular weight excluding hydrogens is 462 g/mol. The molecule has 0 fully saturated rings. The number of rotatable bonds is 9. The molecule has 0 aliphatic heterocycles. The molecule has 0 saturated heterocycles. The Morgan fingerprint density at radius 2 is 1.60 bits per heavy atom. The van der Waals surface area contributed by atoms with E-state index in [1.165, 1.54) is 4.90 Å². The molecule has 2 aromatic rings. The van der Waals surface area contributed by atoms with Crippen LogP contribution in [0.3, 0.4) is 0 Å². The van der Waals surface area contributed by atoms with E-state index in [4.69, 9.17) is 4.74 Å². The van der Waals surface area contributed by atoms with Crippen molar-refractivity contribution in [1.29, 1.82) is 0 Å². The monoisotopic (exact) mass is 499 g/mol. The number of amides is 3. The van der Waals surface area contributed by atoms with E-state index in [1.807, 2.05) is 69.3 Å². The summed E-state index contributed by atoms with van der Waals surface area (Å²) in [6.45, 7) is 11.5. The first-order chi connectivity index (χ1) is 16.5. The molecule has 2 aromatic carbocycles. The third kappa shape index (κ3) is 8.02. The fourth-order valence-corrected chi connectivity index (χ4v) is 4.12. The fraction of sp³-hybridized carbons (Fsp3) is 0.444. The van der Waals surface area contributed by atoms with Gasteiger partial charge in [0.25, 0.3) is 0 Å². The molecule has 0 radical (unpaired) electrons. The van der Waals surface area contributed by atoms with E-state index in [2.05, 4.69) is 23.3 Å². The van der Waals surface area contributed by atoms with Crippen LogP contribution < -0.4 is 10.6 Å². The average Bonchev–Trinajstić information content (AvgIpc) is 2.79. The van der Waals surface area contributed by atoms with E-state index in [1.54, 1.807) is 20.8 Å². The Morgan fingerprint density at radius 3 is 2.11 bits per heavy atom. The van der Waals surface area contributed by atoms with Crippen LogP contribution in [0.4, 0.5) is 4.79 Å². The van der Waals surface area contributed by atoms with Crippen LogP contribution >= 0.6 is 12.6 Å². The maximum absolute atomic E-state index is 13.6. The summed E-state index contributed by atoms with van der Waals surface area (Å²) in [4.78, 5) is 41.1.